The lowest BCUT2D eigenvalue weighted by Gasteiger charge is -2.13. The minimum Gasteiger partial charge on any atom is -0.394 e. The lowest BCUT2D eigenvalue weighted by atomic mass is 10.2. The number of nitrogens with two attached hydrogens (primary N) is 2. The van der Waals surface area contributed by atoms with E-state index in [1.807, 2.05) is 0 Å². The molecule has 0 amide bonds. The molecular formula is C12H4F8N2O2S. The summed E-state index contributed by atoms with van der Waals surface area (Å²) in [5.41, 5.74) is 5.79. The van der Waals surface area contributed by atoms with Gasteiger partial charge in [-0.25, -0.2) is 43.5 Å². The average molecular weight is 392 g/mol. The highest BCUT2D eigenvalue weighted by atomic mass is 32.2. The molecule has 0 spiro atoms. The van der Waals surface area contributed by atoms with Crippen LogP contribution in [0.15, 0.2) is 9.79 Å². The Morgan fingerprint density at radius 1 is 0.480 bits per heavy atom. The van der Waals surface area contributed by atoms with Crippen LogP contribution >= 0.6 is 0 Å². The molecule has 0 aromatic heterocycles. The fraction of sp³-hybridized carbons (Fsp3) is 0. The summed E-state index contributed by atoms with van der Waals surface area (Å²) in [6.45, 7) is 0. The molecule has 0 radical (unpaired) electrons. The van der Waals surface area contributed by atoms with E-state index in [0.717, 1.165) is 0 Å². The first-order valence-corrected chi connectivity index (χ1v) is 7.31. The van der Waals surface area contributed by atoms with Crippen molar-refractivity contribution >= 4 is 21.2 Å². The number of rotatable bonds is 2. The van der Waals surface area contributed by atoms with E-state index in [4.69, 9.17) is 11.5 Å². The Morgan fingerprint density at radius 3 is 1.04 bits per heavy atom. The molecule has 4 nitrogen and oxygen atoms in total. The van der Waals surface area contributed by atoms with Crippen LogP contribution in [0.1, 0.15) is 0 Å². The van der Waals surface area contributed by atoms with Crippen molar-refractivity contribution < 1.29 is 43.5 Å². The van der Waals surface area contributed by atoms with Crippen LogP contribution in [0.3, 0.4) is 0 Å². The number of benzene rings is 2. The lowest BCUT2D eigenvalue weighted by Crippen LogP contribution is -2.18. The summed E-state index contributed by atoms with van der Waals surface area (Å²) < 4.78 is 132. The maximum absolute atomic E-state index is 13.8. The summed E-state index contributed by atoms with van der Waals surface area (Å²) in [4.78, 5) is -4.82. The molecule has 25 heavy (non-hydrogen) atoms. The van der Waals surface area contributed by atoms with E-state index in [1.54, 1.807) is 0 Å². The normalized spacial score (nSPS) is 11.8. The smallest absolute Gasteiger partial charge is 0.218 e. The van der Waals surface area contributed by atoms with E-state index >= 15 is 0 Å². The van der Waals surface area contributed by atoms with Crippen molar-refractivity contribution in [1.29, 1.82) is 0 Å². The van der Waals surface area contributed by atoms with Gasteiger partial charge in [0.2, 0.25) is 9.84 Å². The number of hydrogen-bond acceptors (Lipinski definition) is 4. The second-order valence-electron chi connectivity index (χ2n) is 4.50. The number of anilines is 2. The third-order valence-corrected chi connectivity index (χ3v) is 4.84. The Balaban J connectivity index is 3.02. The summed E-state index contributed by atoms with van der Waals surface area (Å²) in [7, 11) is -6.06. The Kier molecular flexibility index (Phi) is 4.32. The van der Waals surface area contributed by atoms with Gasteiger partial charge in [0.05, 0.1) is 0 Å². The molecule has 136 valence electrons. The SMILES string of the molecule is Nc1c(F)c(F)c(F)c(S(=O)(=O)c2c(F)c(N)c(F)c(F)c2F)c1F. The molecular weight excluding hydrogens is 388 g/mol. The standard InChI is InChI=1S/C12H4F8N2O2S/c13-1-3(15)9(21)7(19)11(5(1)17)25(23,24)12-6(18)2(14)4(16)10(22)8(12)20/h21-22H2. The van der Waals surface area contributed by atoms with Crippen LogP contribution in [0.2, 0.25) is 0 Å². The lowest BCUT2D eigenvalue weighted by molar-refractivity contribution is 0.406. The molecule has 0 aliphatic heterocycles. The Labute approximate surface area is 133 Å². The molecule has 0 aliphatic rings. The van der Waals surface area contributed by atoms with E-state index in [0.29, 0.717) is 0 Å². The second kappa shape index (κ2) is 5.75. The molecule has 4 N–H and O–H groups in total. The third-order valence-electron chi connectivity index (χ3n) is 3.05. The zero-order valence-corrected chi connectivity index (χ0v) is 12.2. The van der Waals surface area contributed by atoms with E-state index < -0.39 is 77.5 Å². The summed E-state index contributed by atoms with van der Waals surface area (Å²) in [5, 5.41) is 0. The van der Waals surface area contributed by atoms with Crippen molar-refractivity contribution in [3.8, 4) is 0 Å². The Hall–Kier alpha value is -2.57. The predicted octanol–water partition coefficient (Wildman–Crippen LogP) is 2.80. The number of hydrogen-bond donors (Lipinski definition) is 2. The molecule has 0 fully saturated rings. The molecule has 0 saturated carbocycles. The van der Waals surface area contributed by atoms with Crippen LogP contribution in [-0.4, -0.2) is 8.42 Å². The number of sulfone groups is 1. The van der Waals surface area contributed by atoms with Crippen molar-refractivity contribution in [2.24, 2.45) is 0 Å². The van der Waals surface area contributed by atoms with Crippen molar-refractivity contribution in [2.45, 2.75) is 9.79 Å². The van der Waals surface area contributed by atoms with Crippen LogP contribution in [0.5, 0.6) is 0 Å². The molecule has 0 unspecified atom stereocenters. The first-order chi connectivity index (χ1) is 11.4. The first kappa shape index (κ1) is 18.8. The third kappa shape index (κ3) is 2.45. The molecule has 0 atom stereocenters. The van der Waals surface area contributed by atoms with E-state index in [1.165, 1.54) is 0 Å². The van der Waals surface area contributed by atoms with Gasteiger partial charge in [-0.2, -0.15) is 0 Å². The topological polar surface area (TPSA) is 86.2 Å². The van der Waals surface area contributed by atoms with E-state index in [-0.39, 0.29) is 0 Å². The van der Waals surface area contributed by atoms with Gasteiger partial charge in [0.1, 0.15) is 21.2 Å². The average Bonchev–Trinajstić information content (AvgIpc) is 2.54. The van der Waals surface area contributed by atoms with Crippen molar-refractivity contribution in [3.63, 3.8) is 0 Å². The van der Waals surface area contributed by atoms with Crippen LogP contribution in [0, 0.1) is 46.5 Å². The van der Waals surface area contributed by atoms with Crippen LogP contribution in [0.4, 0.5) is 46.5 Å². The molecule has 2 rings (SSSR count). The predicted molar refractivity (Wildman–Crippen MR) is 66.8 cm³/mol. The van der Waals surface area contributed by atoms with E-state index in [9.17, 15) is 43.5 Å². The van der Waals surface area contributed by atoms with Gasteiger partial charge in [0.25, 0.3) is 0 Å². The van der Waals surface area contributed by atoms with Crippen molar-refractivity contribution in [2.75, 3.05) is 11.5 Å². The fourth-order valence-electron chi connectivity index (χ4n) is 1.83. The van der Waals surface area contributed by atoms with Gasteiger partial charge in [-0.3, -0.25) is 0 Å². The highest BCUT2D eigenvalue weighted by Gasteiger charge is 2.39. The quantitative estimate of drug-likeness (QED) is 0.271. The largest absolute Gasteiger partial charge is 0.394 e. The zero-order chi connectivity index (χ0) is 19.4. The summed E-state index contributed by atoms with van der Waals surface area (Å²) in [5.74, 6) is -20.1. The van der Waals surface area contributed by atoms with Crippen LogP contribution < -0.4 is 11.5 Å². The molecule has 13 heteroatoms. The summed E-state index contributed by atoms with van der Waals surface area (Å²) in [6, 6.07) is 0. The maximum atomic E-state index is 13.8. The van der Waals surface area contributed by atoms with Gasteiger partial charge >= 0.3 is 0 Å². The van der Waals surface area contributed by atoms with Crippen molar-refractivity contribution in [3.05, 3.63) is 46.5 Å². The van der Waals surface area contributed by atoms with Gasteiger partial charge in [-0.05, 0) is 0 Å². The Bertz CT molecular complexity index is 889. The van der Waals surface area contributed by atoms with Gasteiger partial charge < -0.3 is 11.5 Å². The number of halogens is 8. The van der Waals surface area contributed by atoms with Gasteiger partial charge in [0.15, 0.2) is 46.5 Å². The zero-order valence-electron chi connectivity index (χ0n) is 11.4. The molecule has 0 bridgehead atoms. The molecule has 2 aromatic carbocycles. The van der Waals surface area contributed by atoms with Crippen LogP contribution in [-0.2, 0) is 9.84 Å². The maximum Gasteiger partial charge on any atom is 0.218 e. The summed E-state index contributed by atoms with van der Waals surface area (Å²) >= 11 is 0. The van der Waals surface area contributed by atoms with Gasteiger partial charge in [-0.1, -0.05) is 0 Å². The molecule has 0 saturated heterocycles. The van der Waals surface area contributed by atoms with Gasteiger partial charge in [-0.15, -0.1) is 0 Å². The second-order valence-corrected chi connectivity index (χ2v) is 6.32. The molecule has 0 aliphatic carbocycles. The minimum atomic E-state index is -6.06. The Morgan fingerprint density at radius 2 is 0.760 bits per heavy atom. The molecule has 2 aromatic rings. The van der Waals surface area contributed by atoms with Gasteiger partial charge in [0, 0.05) is 0 Å². The first-order valence-electron chi connectivity index (χ1n) is 5.83. The summed E-state index contributed by atoms with van der Waals surface area (Å²) in [6.07, 6.45) is 0. The van der Waals surface area contributed by atoms with Crippen molar-refractivity contribution in [1.82, 2.24) is 0 Å². The highest BCUT2D eigenvalue weighted by molar-refractivity contribution is 7.91. The fourth-order valence-corrected chi connectivity index (χ4v) is 3.38. The monoisotopic (exact) mass is 392 g/mol. The number of nitrogen functional groups attached to an aromatic ring is 2. The van der Waals surface area contributed by atoms with Crippen LogP contribution in [0.25, 0.3) is 0 Å². The van der Waals surface area contributed by atoms with E-state index in [2.05, 4.69) is 0 Å². The molecule has 0 heterocycles. The highest BCUT2D eigenvalue weighted by Crippen LogP contribution is 2.37. The minimum absolute atomic E-state index is 1.83.